The Balaban J connectivity index is 2.52. The number of ether oxygens (including phenoxy) is 1. The zero-order valence-electron chi connectivity index (χ0n) is 9.68. The van der Waals surface area contributed by atoms with Crippen LogP contribution in [0.5, 0.6) is 5.75 Å². The van der Waals surface area contributed by atoms with Crippen LogP contribution in [0.4, 0.5) is 0 Å². The minimum atomic E-state index is 0.279. The maximum atomic E-state index is 8.46. The van der Waals surface area contributed by atoms with Crippen LogP contribution in [0.25, 0.3) is 0 Å². The minimum Gasteiger partial charge on any atom is -0.497 e. The summed E-state index contributed by atoms with van der Waals surface area (Å²) in [6.07, 6.45) is 1.50. The normalized spacial score (nSPS) is 13.5. The molecule has 1 aromatic carbocycles. The average Bonchev–Trinajstić information content (AvgIpc) is 2.29. The summed E-state index contributed by atoms with van der Waals surface area (Å²) < 4.78 is 5.08. The Morgan fingerprint density at radius 2 is 2.06 bits per heavy atom. The van der Waals surface area contributed by atoms with Crippen molar-refractivity contribution in [2.24, 2.45) is 16.8 Å². The van der Waals surface area contributed by atoms with Gasteiger partial charge < -0.3 is 15.7 Å². The van der Waals surface area contributed by atoms with Gasteiger partial charge in [0.05, 0.1) is 7.11 Å². The zero-order valence-corrected chi connectivity index (χ0v) is 9.68. The monoisotopic (exact) mass is 222 g/mol. The molecule has 4 nitrogen and oxygen atoms in total. The second-order valence-electron chi connectivity index (χ2n) is 3.95. The molecule has 0 aliphatic carbocycles. The van der Waals surface area contributed by atoms with Gasteiger partial charge in [0.2, 0.25) is 0 Å². The maximum absolute atomic E-state index is 8.46. The number of methoxy groups -OCH3 is 1. The Morgan fingerprint density at radius 1 is 1.44 bits per heavy atom. The first-order chi connectivity index (χ1) is 7.65. The summed E-state index contributed by atoms with van der Waals surface area (Å²) in [6, 6.07) is 7.93. The van der Waals surface area contributed by atoms with Gasteiger partial charge in [-0.05, 0) is 30.0 Å². The molecule has 0 radical (unpaired) electrons. The second kappa shape index (κ2) is 6.00. The highest BCUT2D eigenvalue weighted by molar-refractivity contribution is 5.79. The third kappa shape index (κ3) is 3.81. The van der Waals surface area contributed by atoms with Gasteiger partial charge in [-0.15, -0.1) is 0 Å². The van der Waals surface area contributed by atoms with Gasteiger partial charge in [0.1, 0.15) is 11.6 Å². The quantitative estimate of drug-likeness (QED) is 0.346. The lowest BCUT2D eigenvalue weighted by molar-refractivity contribution is 0.315. The molecule has 0 bridgehead atoms. The molecule has 0 aromatic heterocycles. The Labute approximate surface area is 95.7 Å². The highest BCUT2D eigenvalue weighted by Gasteiger charge is 2.06. The molecule has 0 fully saturated rings. The van der Waals surface area contributed by atoms with E-state index in [1.54, 1.807) is 7.11 Å². The smallest absolute Gasteiger partial charge is 0.139 e. The highest BCUT2D eigenvalue weighted by atomic mass is 16.5. The molecule has 1 aromatic rings. The summed E-state index contributed by atoms with van der Waals surface area (Å²) in [5.74, 6) is 1.48. The van der Waals surface area contributed by atoms with E-state index in [0.717, 1.165) is 12.2 Å². The van der Waals surface area contributed by atoms with Crippen LogP contribution in [-0.2, 0) is 6.42 Å². The van der Waals surface area contributed by atoms with Crippen LogP contribution in [0.2, 0.25) is 0 Å². The summed E-state index contributed by atoms with van der Waals surface area (Å²) in [5.41, 5.74) is 6.67. The number of nitrogens with zero attached hydrogens (tertiary/aromatic N) is 1. The zero-order chi connectivity index (χ0) is 12.0. The number of hydrogen-bond donors (Lipinski definition) is 2. The van der Waals surface area contributed by atoms with E-state index < -0.39 is 0 Å². The van der Waals surface area contributed by atoms with Gasteiger partial charge in [-0.3, -0.25) is 0 Å². The lowest BCUT2D eigenvalue weighted by Gasteiger charge is -2.10. The Bertz CT molecular complexity index is 347. The Hall–Kier alpha value is -1.71. The molecule has 0 saturated carbocycles. The van der Waals surface area contributed by atoms with Gasteiger partial charge >= 0.3 is 0 Å². The Morgan fingerprint density at radius 3 is 2.56 bits per heavy atom. The predicted octanol–water partition coefficient (Wildman–Crippen LogP) is 2.01. The lowest BCUT2D eigenvalue weighted by atomic mass is 9.98. The number of benzene rings is 1. The van der Waals surface area contributed by atoms with Gasteiger partial charge in [-0.1, -0.05) is 24.2 Å². The van der Waals surface area contributed by atoms with E-state index in [1.807, 2.05) is 24.3 Å². The van der Waals surface area contributed by atoms with Gasteiger partial charge in [0.15, 0.2) is 0 Å². The summed E-state index contributed by atoms with van der Waals surface area (Å²) in [4.78, 5) is 0. The molecule has 1 unspecified atom stereocenters. The van der Waals surface area contributed by atoms with Crippen molar-refractivity contribution in [3.63, 3.8) is 0 Å². The lowest BCUT2D eigenvalue weighted by Crippen LogP contribution is -2.16. The van der Waals surface area contributed by atoms with Crippen molar-refractivity contribution in [2.75, 3.05) is 7.11 Å². The average molecular weight is 222 g/mol. The third-order valence-electron chi connectivity index (χ3n) is 2.43. The van der Waals surface area contributed by atoms with Gasteiger partial charge in [-0.2, -0.15) is 0 Å². The number of amidine groups is 1. The number of rotatable bonds is 5. The van der Waals surface area contributed by atoms with E-state index in [9.17, 15) is 0 Å². The van der Waals surface area contributed by atoms with Crippen molar-refractivity contribution in [3.8, 4) is 5.75 Å². The molecule has 0 amide bonds. The molecule has 0 aliphatic rings. The van der Waals surface area contributed by atoms with Crippen LogP contribution in [0.15, 0.2) is 29.4 Å². The molecule has 1 rings (SSSR count). The molecule has 1 atom stereocenters. The molecule has 3 N–H and O–H groups in total. The largest absolute Gasteiger partial charge is 0.497 e. The van der Waals surface area contributed by atoms with E-state index in [-0.39, 0.29) is 5.84 Å². The molecule has 0 heterocycles. The van der Waals surface area contributed by atoms with Gasteiger partial charge in [0, 0.05) is 6.42 Å². The van der Waals surface area contributed by atoms with E-state index >= 15 is 0 Å². The SMILES string of the molecule is COc1ccc(CC(C)C/C(N)=N/O)cc1. The van der Waals surface area contributed by atoms with Gasteiger partial charge in [0.25, 0.3) is 0 Å². The molecular weight excluding hydrogens is 204 g/mol. The standard InChI is InChI=1S/C12H18N2O2/c1-9(8-12(13)14-15)7-10-3-5-11(16-2)6-4-10/h3-6,9,15H,7-8H2,1-2H3,(H2,13,14). The van der Waals surface area contributed by atoms with Crippen LogP contribution in [0, 0.1) is 5.92 Å². The topological polar surface area (TPSA) is 67.8 Å². The molecule has 16 heavy (non-hydrogen) atoms. The molecule has 0 spiro atoms. The van der Waals surface area contributed by atoms with E-state index in [0.29, 0.717) is 12.3 Å². The fourth-order valence-electron chi connectivity index (χ4n) is 1.63. The van der Waals surface area contributed by atoms with Crippen molar-refractivity contribution < 1.29 is 9.94 Å². The van der Waals surface area contributed by atoms with E-state index in [1.165, 1.54) is 5.56 Å². The molecule has 0 aliphatic heterocycles. The van der Waals surface area contributed by atoms with E-state index in [2.05, 4.69) is 12.1 Å². The predicted molar refractivity (Wildman–Crippen MR) is 63.9 cm³/mol. The molecular formula is C12H18N2O2. The molecule has 4 heteroatoms. The van der Waals surface area contributed by atoms with Crippen molar-refractivity contribution in [2.45, 2.75) is 19.8 Å². The molecule has 88 valence electrons. The van der Waals surface area contributed by atoms with Crippen LogP contribution in [0.3, 0.4) is 0 Å². The van der Waals surface area contributed by atoms with Crippen molar-refractivity contribution >= 4 is 5.84 Å². The van der Waals surface area contributed by atoms with Crippen molar-refractivity contribution in [1.82, 2.24) is 0 Å². The highest BCUT2D eigenvalue weighted by Crippen LogP contribution is 2.16. The van der Waals surface area contributed by atoms with Crippen LogP contribution in [0.1, 0.15) is 18.9 Å². The minimum absolute atomic E-state index is 0.279. The fourth-order valence-corrected chi connectivity index (χ4v) is 1.63. The van der Waals surface area contributed by atoms with Gasteiger partial charge in [-0.25, -0.2) is 0 Å². The fraction of sp³-hybridized carbons (Fsp3) is 0.417. The first-order valence-corrected chi connectivity index (χ1v) is 5.25. The number of oxime groups is 1. The summed E-state index contributed by atoms with van der Waals surface area (Å²) >= 11 is 0. The number of hydrogen-bond acceptors (Lipinski definition) is 3. The summed E-state index contributed by atoms with van der Waals surface area (Å²) in [5, 5.41) is 11.4. The summed E-state index contributed by atoms with van der Waals surface area (Å²) in [6.45, 7) is 2.07. The third-order valence-corrected chi connectivity index (χ3v) is 2.43. The maximum Gasteiger partial charge on any atom is 0.139 e. The number of nitrogens with two attached hydrogens (primary N) is 1. The van der Waals surface area contributed by atoms with Crippen molar-refractivity contribution in [1.29, 1.82) is 0 Å². The van der Waals surface area contributed by atoms with Crippen LogP contribution in [-0.4, -0.2) is 18.2 Å². The van der Waals surface area contributed by atoms with E-state index in [4.69, 9.17) is 15.7 Å². The van der Waals surface area contributed by atoms with Crippen molar-refractivity contribution in [3.05, 3.63) is 29.8 Å². The molecule has 0 saturated heterocycles. The Kier molecular flexibility index (Phi) is 4.64. The van der Waals surface area contributed by atoms with Crippen LogP contribution < -0.4 is 10.5 Å². The first-order valence-electron chi connectivity index (χ1n) is 5.25. The summed E-state index contributed by atoms with van der Waals surface area (Å²) in [7, 11) is 1.65. The first kappa shape index (κ1) is 12.4. The second-order valence-corrected chi connectivity index (χ2v) is 3.95. The van der Waals surface area contributed by atoms with Crippen LogP contribution >= 0.6 is 0 Å².